The van der Waals surface area contributed by atoms with Gasteiger partial charge in [0.15, 0.2) is 0 Å². The second kappa shape index (κ2) is 19.5. The Bertz CT molecular complexity index is 829. The molecule has 0 saturated carbocycles. The van der Waals surface area contributed by atoms with Crippen molar-refractivity contribution in [2.75, 3.05) is 0 Å². The van der Waals surface area contributed by atoms with Gasteiger partial charge in [-0.05, 0) is 108 Å². The third kappa shape index (κ3) is 12.8. The standard InChI is InChI=1S/C26H44P2.C8H12.BF4.Rh/c1-17(2)21-13-14-22(18(3)4)27(21)25-11-9-10-12-26(25)28-23(19(5)6)15-16-24(28)20(7)8;1-2-4-6-8-7-5-3-1;2-1(3,4)5;/h9-12,17-24H,13-16H2,1-8H3;1-2,7-8H,3-6H2;;/q;;-1;/b;2-1-,8-7-;;. The van der Waals surface area contributed by atoms with E-state index < -0.39 is 7.25 Å². The minimum Gasteiger partial charge on any atom is -0.418 e. The fourth-order valence-corrected chi connectivity index (χ4v) is 15.4. The molecule has 0 aromatic heterocycles. The number of allylic oxidation sites excluding steroid dienone is 4. The van der Waals surface area contributed by atoms with Crippen LogP contribution >= 0.6 is 15.8 Å². The maximum Gasteiger partial charge on any atom is 0.673 e. The Balaban J connectivity index is 0.000000522. The monoisotopic (exact) mass is 716 g/mol. The van der Waals surface area contributed by atoms with Crippen molar-refractivity contribution in [1.82, 2.24) is 0 Å². The molecule has 0 N–H and O–H groups in total. The van der Waals surface area contributed by atoms with Crippen LogP contribution in [0.4, 0.5) is 17.3 Å². The SMILES string of the molecule is C1=C\CC/C=C\CC/1.CC(C)C1CCC(C(C)C)P1c1ccccc1P1C(C(C)C)CCC1C(C)C.F[B-](F)(F)F.[Rh]. The summed E-state index contributed by atoms with van der Waals surface area (Å²) in [5.74, 6) is 3.28. The van der Waals surface area contributed by atoms with Gasteiger partial charge in [0.05, 0.1) is 0 Å². The third-order valence-electron chi connectivity index (χ3n) is 8.80. The molecular formula is C34H56BF4P2Rh-. The molecule has 1 radical (unpaired) electrons. The van der Waals surface area contributed by atoms with E-state index in [4.69, 9.17) is 0 Å². The smallest absolute Gasteiger partial charge is 0.418 e. The molecule has 2 saturated heterocycles. The van der Waals surface area contributed by atoms with Crippen molar-refractivity contribution >= 4 is 33.7 Å². The molecule has 0 spiro atoms. The summed E-state index contributed by atoms with van der Waals surface area (Å²) >= 11 is 0. The van der Waals surface area contributed by atoms with Crippen LogP contribution in [0, 0.1) is 23.7 Å². The van der Waals surface area contributed by atoms with Crippen LogP contribution in [0.3, 0.4) is 0 Å². The van der Waals surface area contributed by atoms with Crippen LogP contribution in [0.1, 0.15) is 107 Å². The van der Waals surface area contributed by atoms with Crippen LogP contribution in [0.25, 0.3) is 0 Å². The van der Waals surface area contributed by atoms with Crippen LogP contribution in [-0.2, 0) is 19.5 Å². The third-order valence-corrected chi connectivity index (χ3v) is 17.1. The Kier molecular flexibility index (Phi) is 18.5. The van der Waals surface area contributed by atoms with Gasteiger partial charge in [-0.1, -0.05) is 120 Å². The van der Waals surface area contributed by atoms with Crippen molar-refractivity contribution in [3.05, 3.63) is 48.6 Å². The van der Waals surface area contributed by atoms with Gasteiger partial charge >= 0.3 is 7.25 Å². The summed E-state index contributed by atoms with van der Waals surface area (Å²) in [5, 5.41) is 3.66. The van der Waals surface area contributed by atoms with Gasteiger partial charge in [-0.2, -0.15) is 0 Å². The second-order valence-corrected chi connectivity index (χ2v) is 18.5. The average Bonchev–Trinajstić information content (AvgIpc) is 3.48. The van der Waals surface area contributed by atoms with Gasteiger partial charge in [0.2, 0.25) is 0 Å². The number of halogens is 4. The first-order valence-electron chi connectivity index (χ1n) is 16.1. The van der Waals surface area contributed by atoms with Crippen molar-refractivity contribution in [2.24, 2.45) is 23.7 Å². The molecule has 2 aliphatic heterocycles. The molecule has 1 aliphatic carbocycles. The van der Waals surface area contributed by atoms with E-state index in [-0.39, 0.29) is 35.3 Å². The van der Waals surface area contributed by atoms with E-state index in [1.807, 2.05) is 10.6 Å². The predicted molar refractivity (Wildman–Crippen MR) is 179 cm³/mol. The molecule has 2 fully saturated rings. The van der Waals surface area contributed by atoms with Crippen LogP contribution in [0.2, 0.25) is 0 Å². The molecule has 0 nitrogen and oxygen atoms in total. The van der Waals surface area contributed by atoms with Gasteiger partial charge in [-0.25, -0.2) is 0 Å². The molecule has 42 heavy (non-hydrogen) atoms. The summed E-state index contributed by atoms with van der Waals surface area (Å²) in [6, 6.07) is 9.86. The zero-order chi connectivity index (χ0) is 30.7. The topological polar surface area (TPSA) is 0 Å². The first-order valence-corrected chi connectivity index (χ1v) is 19.0. The van der Waals surface area contributed by atoms with E-state index in [0.29, 0.717) is 0 Å². The van der Waals surface area contributed by atoms with Gasteiger partial charge in [-0.3, -0.25) is 0 Å². The van der Waals surface area contributed by atoms with E-state index >= 15 is 0 Å². The Hall–Kier alpha value is -0.0317. The molecule has 8 heteroatoms. The Morgan fingerprint density at radius 1 is 0.524 bits per heavy atom. The summed E-state index contributed by atoms with van der Waals surface area (Å²) in [7, 11) is -6.09. The second-order valence-electron chi connectivity index (χ2n) is 13.3. The van der Waals surface area contributed by atoms with E-state index in [2.05, 4.69) is 104 Å². The van der Waals surface area contributed by atoms with Crippen molar-refractivity contribution in [2.45, 2.75) is 129 Å². The Labute approximate surface area is 271 Å². The van der Waals surface area contributed by atoms with E-state index in [0.717, 1.165) is 46.3 Å². The molecule has 4 unspecified atom stereocenters. The van der Waals surface area contributed by atoms with E-state index in [9.17, 15) is 17.3 Å². The number of rotatable bonds is 6. The minimum absolute atomic E-state index is 0. The van der Waals surface area contributed by atoms with Gasteiger partial charge in [0.1, 0.15) is 0 Å². The number of hydrogen-bond donors (Lipinski definition) is 0. The zero-order valence-electron chi connectivity index (χ0n) is 27.2. The fraction of sp³-hybridized carbons (Fsp3) is 0.706. The van der Waals surface area contributed by atoms with Crippen LogP contribution in [0.15, 0.2) is 48.6 Å². The summed E-state index contributed by atoms with van der Waals surface area (Å²) < 4.78 is 39.0. The molecule has 0 amide bonds. The molecular weight excluding hydrogens is 660 g/mol. The minimum atomic E-state index is -6.00. The fourth-order valence-electron chi connectivity index (χ4n) is 6.82. The molecule has 3 aliphatic rings. The van der Waals surface area contributed by atoms with Crippen LogP contribution in [-0.4, -0.2) is 29.9 Å². The normalized spacial score (nSPS) is 29.2. The van der Waals surface area contributed by atoms with Crippen molar-refractivity contribution in [1.29, 1.82) is 0 Å². The van der Waals surface area contributed by atoms with E-state index in [1.54, 1.807) is 0 Å². The molecule has 1 aromatic carbocycles. The zero-order valence-corrected chi connectivity index (χ0v) is 30.6. The molecule has 0 bridgehead atoms. The molecule has 1 aromatic rings. The first-order chi connectivity index (χ1) is 19.2. The Morgan fingerprint density at radius 3 is 0.929 bits per heavy atom. The predicted octanol–water partition coefficient (Wildman–Crippen LogP) is 11.6. The van der Waals surface area contributed by atoms with Crippen LogP contribution < -0.4 is 10.6 Å². The quantitative estimate of drug-likeness (QED) is 0.119. The molecule has 243 valence electrons. The molecule has 4 rings (SSSR count). The largest absolute Gasteiger partial charge is 0.673 e. The maximum atomic E-state index is 9.75. The van der Waals surface area contributed by atoms with Crippen LogP contribution in [0.5, 0.6) is 0 Å². The maximum absolute atomic E-state index is 9.75. The first kappa shape index (κ1) is 40.0. The number of hydrogen-bond acceptors (Lipinski definition) is 0. The molecule has 4 atom stereocenters. The number of benzene rings is 1. The van der Waals surface area contributed by atoms with Gasteiger partial charge < -0.3 is 17.3 Å². The average molecular weight is 716 g/mol. The van der Waals surface area contributed by atoms with Gasteiger partial charge in [0, 0.05) is 19.5 Å². The van der Waals surface area contributed by atoms with Crippen molar-refractivity contribution in [3.63, 3.8) is 0 Å². The van der Waals surface area contributed by atoms with Crippen molar-refractivity contribution in [3.8, 4) is 0 Å². The summed E-state index contributed by atoms with van der Waals surface area (Å²) in [6.07, 6.45) is 19.8. The van der Waals surface area contributed by atoms with E-state index in [1.165, 1.54) is 51.4 Å². The summed E-state index contributed by atoms with van der Waals surface area (Å²) in [6.45, 7) is 19.9. The summed E-state index contributed by atoms with van der Waals surface area (Å²) in [4.78, 5) is 0. The Morgan fingerprint density at radius 2 is 0.738 bits per heavy atom. The van der Waals surface area contributed by atoms with Gasteiger partial charge in [-0.15, -0.1) is 0 Å². The summed E-state index contributed by atoms with van der Waals surface area (Å²) in [5.41, 5.74) is 3.71. The van der Waals surface area contributed by atoms with Gasteiger partial charge in [0.25, 0.3) is 0 Å². The van der Waals surface area contributed by atoms with Crippen molar-refractivity contribution < 1.29 is 36.7 Å². The molecule has 2 heterocycles.